The molecule has 0 saturated carbocycles. The summed E-state index contributed by atoms with van der Waals surface area (Å²) in [6, 6.07) is 0. The number of carbonyl (C=O) groups is 1. The van der Waals surface area contributed by atoms with Crippen molar-refractivity contribution in [3.05, 3.63) is 34.9 Å². The summed E-state index contributed by atoms with van der Waals surface area (Å²) in [7, 11) is 0. The molecule has 64 valence electrons. The molecule has 0 heterocycles. The summed E-state index contributed by atoms with van der Waals surface area (Å²) in [5, 5.41) is 0.621. The van der Waals surface area contributed by atoms with Crippen molar-refractivity contribution in [3.8, 4) is 0 Å². The highest BCUT2D eigenvalue weighted by Crippen LogP contribution is 2.29. The van der Waals surface area contributed by atoms with Gasteiger partial charge in [-0.25, -0.2) is 0 Å². The molecule has 0 N–H and O–H groups in total. The maximum absolute atomic E-state index is 10.5. The summed E-state index contributed by atoms with van der Waals surface area (Å²) in [6.07, 6.45) is 7.13. The van der Waals surface area contributed by atoms with Crippen LogP contribution in [0.1, 0.15) is 19.3 Å². The third-order valence-electron chi connectivity index (χ3n) is 1.87. The highest BCUT2D eigenvalue weighted by atomic mass is 35.5. The Hall–Kier alpha value is -0.820. The zero-order chi connectivity index (χ0) is 8.97. The molecule has 0 atom stereocenters. The Balaban J connectivity index is 2.88. The number of halogens is 1. The van der Waals surface area contributed by atoms with Crippen molar-refractivity contribution in [2.45, 2.75) is 19.3 Å². The van der Waals surface area contributed by atoms with E-state index in [0.29, 0.717) is 5.03 Å². The van der Waals surface area contributed by atoms with E-state index in [1.54, 1.807) is 6.08 Å². The first kappa shape index (κ1) is 9.27. The van der Waals surface area contributed by atoms with Gasteiger partial charge in [-0.3, -0.25) is 4.79 Å². The van der Waals surface area contributed by atoms with E-state index in [-0.39, 0.29) is 0 Å². The normalized spacial score (nSPS) is 17.2. The summed E-state index contributed by atoms with van der Waals surface area (Å²) < 4.78 is 0. The van der Waals surface area contributed by atoms with E-state index in [2.05, 4.69) is 12.7 Å². The molecule has 0 bridgehead atoms. The number of rotatable bonds is 3. The smallest absolute Gasteiger partial charge is 0.147 e. The zero-order valence-electron chi connectivity index (χ0n) is 6.85. The SMILES string of the molecule is C=CCC1=CCCC(C=O)=C1Cl. The predicted octanol–water partition coefficient (Wildman–Crippen LogP) is 2.97. The van der Waals surface area contributed by atoms with E-state index in [0.717, 1.165) is 36.7 Å². The maximum Gasteiger partial charge on any atom is 0.147 e. The first-order chi connectivity index (χ1) is 5.79. The Morgan fingerprint density at radius 3 is 3.00 bits per heavy atom. The van der Waals surface area contributed by atoms with Gasteiger partial charge in [0.25, 0.3) is 0 Å². The second-order valence-electron chi connectivity index (χ2n) is 2.72. The van der Waals surface area contributed by atoms with Gasteiger partial charge in [-0.15, -0.1) is 6.58 Å². The van der Waals surface area contributed by atoms with Gasteiger partial charge < -0.3 is 0 Å². The van der Waals surface area contributed by atoms with Crippen molar-refractivity contribution in [2.75, 3.05) is 0 Å². The number of carbonyl (C=O) groups excluding carboxylic acids is 1. The Kier molecular flexibility index (Phi) is 3.30. The number of hydrogen-bond donors (Lipinski definition) is 0. The van der Waals surface area contributed by atoms with E-state index in [9.17, 15) is 4.79 Å². The second kappa shape index (κ2) is 4.27. The predicted molar refractivity (Wildman–Crippen MR) is 51.1 cm³/mol. The number of allylic oxidation sites excluding steroid dienone is 5. The lowest BCUT2D eigenvalue weighted by Gasteiger charge is -2.12. The van der Waals surface area contributed by atoms with Crippen molar-refractivity contribution < 1.29 is 4.79 Å². The molecule has 0 amide bonds. The van der Waals surface area contributed by atoms with Crippen LogP contribution < -0.4 is 0 Å². The quantitative estimate of drug-likeness (QED) is 0.485. The third kappa shape index (κ3) is 1.86. The summed E-state index contributed by atoms with van der Waals surface area (Å²) in [6.45, 7) is 3.63. The molecule has 0 aromatic heterocycles. The van der Waals surface area contributed by atoms with E-state index in [1.807, 2.05) is 0 Å². The fourth-order valence-corrected chi connectivity index (χ4v) is 1.54. The molecule has 0 aromatic rings. The highest BCUT2D eigenvalue weighted by molar-refractivity contribution is 6.33. The lowest BCUT2D eigenvalue weighted by Crippen LogP contribution is -1.97. The van der Waals surface area contributed by atoms with Crippen LogP contribution in [-0.4, -0.2) is 6.29 Å². The topological polar surface area (TPSA) is 17.1 Å². The van der Waals surface area contributed by atoms with Gasteiger partial charge in [-0.1, -0.05) is 23.8 Å². The first-order valence-corrected chi connectivity index (χ1v) is 4.31. The van der Waals surface area contributed by atoms with Crippen molar-refractivity contribution >= 4 is 17.9 Å². The molecule has 0 unspecified atom stereocenters. The van der Waals surface area contributed by atoms with Crippen LogP contribution >= 0.6 is 11.6 Å². The van der Waals surface area contributed by atoms with Crippen LogP contribution in [0.3, 0.4) is 0 Å². The van der Waals surface area contributed by atoms with Crippen LogP contribution in [0.2, 0.25) is 0 Å². The summed E-state index contributed by atoms with van der Waals surface area (Å²) >= 11 is 5.96. The molecule has 0 radical (unpaired) electrons. The maximum atomic E-state index is 10.5. The molecule has 1 rings (SSSR count). The van der Waals surface area contributed by atoms with Crippen molar-refractivity contribution in [1.29, 1.82) is 0 Å². The van der Waals surface area contributed by atoms with Gasteiger partial charge in [0.2, 0.25) is 0 Å². The lowest BCUT2D eigenvalue weighted by molar-refractivity contribution is -0.105. The zero-order valence-corrected chi connectivity index (χ0v) is 7.60. The Morgan fingerprint density at radius 2 is 2.42 bits per heavy atom. The molecule has 1 aliphatic carbocycles. The van der Waals surface area contributed by atoms with Gasteiger partial charge in [0, 0.05) is 5.57 Å². The van der Waals surface area contributed by atoms with Crippen LogP contribution in [-0.2, 0) is 4.79 Å². The minimum atomic E-state index is 0.621. The van der Waals surface area contributed by atoms with Gasteiger partial charge in [-0.2, -0.15) is 0 Å². The van der Waals surface area contributed by atoms with E-state index in [1.165, 1.54) is 0 Å². The molecular weight excluding hydrogens is 172 g/mol. The molecule has 1 aliphatic rings. The molecule has 1 nitrogen and oxygen atoms in total. The largest absolute Gasteiger partial charge is 0.298 e. The Morgan fingerprint density at radius 1 is 1.67 bits per heavy atom. The average Bonchev–Trinajstić information content (AvgIpc) is 2.09. The van der Waals surface area contributed by atoms with E-state index < -0.39 is 0 Å². The van der Waals surface area contributed by atoms with Gasteiger partial charge in [0.15, 0.2) is 0 Å². The van der Waals surface area contributed by atoms with E-state index in [4.69, 9.17) is 11.6 Å². The molecular formula is C10H11ClO. The molecule has 0 fully saturated rings. The molecule has 12 heavy (non-hydrogen) atoms. The van der Waals surface area contributed by atoms with Crippen LogP contribution in [0.5, 0.6) is 0 Å². The fourth-order valence-electron chi connectivity index (χ4n) is 1.25. The van der Waals surface area contributed by atoms with E-state index >= 15 is 0 Å². The minimum absolute atomic E-state index is 0.621. The molecule has 0 saturated heterocycles. The summed E-state index contributed by atoms with van der Waals surface area (Å²) in [5.41, 5.74) is 1.75. The Bertz CT molecular complexity index is 261. The molecule has 0 aliphatic heterocycles. The van der Waals surface area contributed by atoms with Crippen molar-refractivity contribution in [3.63, 3.8) is 0 Å². The van der Waals surface area contributed by atoms with Crippen LogP contribution in [0.15, 0.2) is 34.9 Å². The molecule has 2 heteroatoms. The fraction of sp³-hybridized carbons (Fsp3) is 0.300. The first-order valence-electron chi connectivity index (χ1n) is 3.93. The number of aldehydes is 1. The molecule has 0 spiro atoms. The third-order valence-corrected chi connectivity index (χ3v) is 2.36. The second-order valence-corrected chi connectivity index (χ2v) is 3.10. The Labute approximate surface area is 77.4 Å². The van der Waals surface area contributed by atoms with Gasteiger partial charge >= 0.3 is 0 Å². The van der Waals surface area contributed by atoms with Gasteiger partial charge in [-0.05, 0) is 24.8 Å². The van der Waals surface area contributed by atoms with Crippen LogP contribution in [0, 0.1) is 0 Å². The standard InChI is InChI=1S/C10H11ClO/c1-2-4-8-5-3-6-9(7-12)10(8)11/h2,5,7H,1,3-4,6H2. The van der Waals surface area contributed by atoms with Gasteiger partial charge in [0.1, 0.15) is 6.29 Å². The van der Waals surface area contributed by atoms with Crippen LogP contribution in [0.25, 0.3) is 0 Å². The monoisotopic (exact) mass is 182 g/mol. The number of hydrogen-bond acceptors (Lipinski definition) is 1. The highest BCUT2D eigenvalue weighted by Gasteiger charge is 2.11. The minimum Gasteiger partial charge on any atom is -0.298 e. The van der Waals surface area contributed by atoms with Crippen LogP contribution in [0.4, 0.5) is 0 Å². The summed E-state index contributed by atoms with van der Waals surface area (Å²) in [4.78, 5) is 10.5. The lowest BCUT2D eigenvalue weighted by atomic mass is 9.98. The van der Waals surface area contributed by atoms with Crippen molar-refractivity contribution in [2.24, 2.45) is 0 Å². The van der Waals surface area contributed by atoms with Crippen molar-refractivity contribution in [1.82, 2.24) is 0 Å². The molecule has 0 aromatic carbocycles. The van der Waals surface area contributed by atoms with Gasteiger partial charge in [0.05, 0.1) is 5.03 Å². The average molecular weight is 183 g/mol. The summed E-state index contributed by atoms with van der Waals surface area (Å²) in [5.74, 6) is 0.